The molecule has 0 bridgehead atoms. The van der Waals surface area contributed by atoms with Gasteiger partial charge in [0, 0.05) is 27.9 Å². The second-order valence-corrected chi connectivity index (χ2v) is 11.7. The molecule has 1 aromatic heterocycles. The second-order valence-electron chi connectivity index (χ2n) is 10.4. The number of amides is 2. The van der Waals surface area contributed by atoms with Gasteiger partial charge < -0.3 is 19.3 Å². The lowest BCUT2D eigenvalue weighted by Gasteiger charge is -2.28. The smallest absolute Gasteiger partial charge is 0.254 e. The zero-order chi connectivity index (χ0) is 28.8. The number of rotatable bonds is 12. The van der Waals surface area contributed by atoms with Crippen LogP contribution in [0.2, 0.25) is 0 Å². The molecule has 3 aromatic carbocycles. The van der Waals surface area contributed by atoms with Crippen LogP contribution in [-0.2, 0) is 17.8 Å². The SMILES string of the molecule is COc1ccc(CCN(Cc2ccc(C)s2)C(=O)CN(C(=O)c2ccc(-c3ccccc3)cc2)C2CC2)cc1OC. The van der Waals surface area contributed by atoms with E-state index in [9.17, 15) is 9.59 Å². The topological polar surface area (TPSA) is 59.1 Å². The Hall–Kier alpha value is -4.10. The molecule has 4 aromatic rings. The van der Waals surface area contributed by atoms with Gasteiger partial charge in [-0.2, -0.15) is 0 Å². The van der Waals surface area contributed by atoms with Crippen molar-refractivity contribution < 1.29 is 19.1 Å². The molecule has 0 aliphatic heterocycles. The fourth-order valence-corrected chi connectivity index (χ4v) is 5.86. The predicted octanol–water partition coefficient (Wildman–Crippen LogP) is 6.62. The highest BCUT2D eigenvalue weighted by Gasteiger charge is 2.35. The van der Waals surface area contributed by atoms with Crippen LogP contribution in [0.5, 0.6) is 11.5 Å². The lowest BCUT2D eigenvalue weighted by Crippen LogP contribution is -2.44. The van der Waals surface area contributed by atoms with Crippen molar-refractivity contribution in [1.29, 1.82) is 0 Å². The number of hydrogen-bond acceptors (Lipinski definition) is 5. The fourth-order valence-electron chi connectivity index (χ4n) is 4.95. The van der Waals surface area contributed by atoms with Crippen LogP contribution in [0, 0.1) is 6.92 Å². The summed E-state index contributed by atoms with van der Waals surface area (Å²) < 4.78 is 10.8. The van der Waals surface area contributed by atoms with E-state index in [1.54, 1.807) is 30.5 Å². The summed E-state index contributed by atoms with van der Waals surface area (Å²) in [5.74, 6) is 1.21. The zero-order valence-electron chi connectivity index (χ0n) is 23.8. The first-order valence-corrected chi connectivity index (χ1v) is 14.8. The van der Waals surface area contributed by atoms with Gasteiger partial charge in [0.1, 0.15) is 6.54 Å². The van der Waals surface area contributed by atoms with Gasteiger partial charge >= 0.3 is 0 Å². The van der Waals surface area contributed by atoms with Crippen LogP contribution in [0.3, 0.4) is 0 Å². The minimum Gasteiger partial charge on any atom is -0.493 e. The summed E-state index contributed by atoms with van der Waals surface area (Å²) in [6.07, 6.45) is 2.52. The van der Waals surface area contributed by atoms with Crippen molar-refractivity contribution in [3.05, 3.63) is 106 Å². The number of benzene rings is 3. The van der Waals surface area contributed by atoms with Crippen molar-refractivity contribution >= 4 is 23.2 Å². The molecular formula is C34H36N2O4S. The molecule has 41 heavy (non-hydrogen) atoms. The molecular weight excluding hydrogens is 532 g/mol. The Morgan fingerprint density at radius 1 is 0.854 bits per heavy atom. The van der Waals surface area contributed by atoms with Crippen LogP contribution >= 0.6 is 11.3 Å². The van der Waals surface area contributed by atoms with Crippen LogP contribution in [0.4, 0.5) is 0 Å². The van der Waals surface area contributed by atoms with Crippen molar-refractivity contribution in [3.63, 3.8) is 0 Å². The molecule has 0 unspecified atom stereocenters. The number of ether oxygens (including phenoxy) is 2. The van der Waals surface area contributed by atoms with E-state index < -0.39 is 0 Å². The molecule has 1 aliphatic rings. The number of thiophene rings is 1. The standard InChI is InChI=1S/C34H36N2O4S/c1-24-9-17-30(41-24)22-35(20-19-25-10-18-31(39-2)32(21-25)40-3)33(37)23-36(29-15-16-29)34(38)28-13-11-27(12-14-28)26-7-5-4-6-8-26/h4-14,17-18,21,29H,15-16,19-20,22-23H2,1-3H3. The maximum absolute atomic E-state index is 13.8. The normalized spacial score (nSPS) is 12.6. The van der Waals surface area contributed by atoms with Gasteiger partial charge in [-0.05, 0) is 79.3 Å². The van der Waals surface area contributed by atoms with Gasteiger partial charge in [0.15, 0.2) is 11.5 Å². The van der Waals surface area contributed by atoms with E-state index in [1.807, 2.05) is 65.6 Å². The van der Waals surface area contributed by atoms with Crippen LogP contribution < -0.4 is 9.47 Å². The average Bonchev–Trinajstić information content (AvgIpc) is 3.78. The maximum atomic E-state index is 13.8. The third kappa shape index (κ3) is 7.16. The van der Waals surface area contributed by atoms with Crippen molar-refractivity contribution in [1.82, 2.24) is 9.80 Å². The van der Waals surface area contributed by atoms with E-state index in [0.717, 1.165) is 34.4 Å². The molecule has 0 spiro atoms. The Kier molecular flexibility index (Phi) is 9.04. The largest absolute Gasteiger partial charge is 0.493 e. The van der Waals surface area contributed by atoms with Gasteiger partial charge in [-0.1, -0.05) is 48.5 Å². The highest BCUT2D eigenvalue weighted by atomic mass is 32.1. The van der Waals surface area contributed by atoms with Crippen molar-refractivity contribution in [2.45, 2.75) is 38.8 Å². The van der Waals surface area contributed by atoms with Crippen molar-refractivity contribution in [3.8, 4) is 22.6 Å². The summed E-state index contributed by atoms with van der Waals surface area (Å²) in [5.41, 5.74) is 3.82. The van der Waals surface area contributed by atoms with Crippen molar-refractivity contribution in [2.24, 2.45) is 0 Å². The molecule has 7 heteroatoms. The van der Waals surface area contributed by atoms with Gasteiger partial charge in [0.25, 0.3) is 5.91 Å². The predicted molar refractivity (Wildman–Crippen MR) is 164 cm³/mol. The minimum absolute atomic E-state index is 0.0438. The molecule has 0 atom stereocenters. The van der Waals surface area contributed by atoms with Crippen LogP contribution in [-0.4, -0.2) is 55.0 Å². The highest BCUT2D eigenvalue weighted by Crippen LogP contribution is 2.30. The van der Waals surface area contributed by atoms with E-state index in [4.69, 9.17) is 9.47 Å². The first-order valence-electron chi connectivity index (χ1n) is 14.0. The summed E-state index contributed by atoms with van der Waals surface area (Å²) >= 11 is 1.70. The van der Waals surface area contributed by atoms with E-state index in [0.29, 0.717) is 36.6 Å². The summed E-state index contributed by atoms with van der Waals surface area (Å²) in [5, 5.41) is 0. The number of carbonyl (C=O) groups is 2. The van der Waals surface area contributed by atoms with Crippen LogP contribution in [0.25, 0.3) is 11.1 Å². The Morgan fingerprint density at radius 2 is 1.56 bits per heavy atom. The molecule has 1 heterocycles. The van der Waals surface area contributed by atoms with Gasteiger partial charge in [0.2, 0.25) is 5.91 Å². The third-order valence-corrected chi connectivity index (χ3v) is 8.39. The van der Waals surface area contributed by atoms with Gasteiger partial charge in [-0.3, -0.25) is 9.59 Å². The van der Waals surface area contributed by atoms with E-state index in [1.165, 1.54) is 4.88 Å². The monoisotopic (exact) mass is 568 g/mol. The molecule has 0 N–H and O–H groups in total. The average molecular weight is 569 g/mol. The lowest BCUT2D eigenvalue weighted by molar-refractivity contribution is -0.132. The second kappa shape index (κ2) is 13.0. The fraction of sp³-hybridized carbons (Fsp3) is 0.294. The number of carbonyl (C=O) groups excluding carboxylic acids is 2. The quantitative estimate of drug-likeness (QED) is 0.193. The summed E-state index contributed by atoms with van der Waals surface area (Å²) in [6, 6.07) is 27.9. The third-order valence-electron chi connectivity index (χ3n) is 7.41. The first kappa shape index (κ1) is 28.4. The van der Waals surface area contributed by atoms with Crippen LogP contribution in [0.15, 0.2) is 84.9 Å². The molecule has 1 fully saturated rings. The molecule has 2 amide bonds. The Morgan fingerprint density at radius 3 is 2.20 bits per heavy atom. The summed E-state index contributed by atoms with van der Waals surface area (Å²) in [6.45, 7) is 3.19. The Balaban J connectivity index is 1.31. The number of nitrogens with zero attached hydrogens (tertiary/aromatic N) is 2. The van der Waals surface area contributed by atoms with Crippen LogP contribution in [0.1, 0.15) is 38.5 Å². The summed E-state index contributed by atoms with van der Waals surface area (Å²) in [7, 11) is 3.24. The highest BCUT2D eigenvalue weighted by molar-refractivity contribution is 7.11. The minimum atomic E-state index is -0.0905. The lowest BCUT2D eigenvalue weighted by atomic mass is 10.0. The molecule has 1 saturated carbocycles. The maximum Gasteiger partial charge on any atom is 0.254 e. The first-order chi connectivity index (χ1) is 19.9. The van der Waals surface area contributed by atoms with E-state index >= 15 is 0 Å². The number of methoxy groups -OCH3 is 2. The van der Waals surface area contributed by atoms with Gasteiger partial charge in [-0.25, -0.2) is 0 Å². The Bertz CT molecular complexity index is 1480. The number of aryl methyl sites for hydroxylation is 1. The van der Waals surface area contributed by atoms with Gasteiger partial charge in [0.05, 0.1) is 20.8 Å². The molecule has 6 nitrogen and oxygen atoms in total. The van der Waals surface area contributed by atoms with Gasteiger partial charge in [-0.15, -0.1) is 11.3 Å². The molecule has 0 radical (unpaired) electrons. The Labute approximate surface area is 246 Å². The molecule has 1 aliphatic carbocycles. The molecule has 212 valence electrons. The molecule has 5 rings (SSSR count). The molecule has 0 saturated heterocycles. The zero-order valence-corrected chi connectivity index (χ0v) is 24.7. The van der Waals surface area contributed by atoms with E-state index in [-0.39, 0.29) is 24.4 Å². The number of hydrogen-bond donors (Lipinski definition) is 0. The van der Waals surface area contributed by atoms with Crippen molar-refractivity contribution in [2.75, 3.05) is 27.3 Å². The summed E-state index contributed by atoms with van der Waals surface area (Å²) in [4.78, 5) is 33.4. The van der Waals surface area contributed by atoms with E-state index in [2.05, 4.69) is 31.2 Å².